The summed E-state index contributed by atoms with van der Waals surface area (Å²) in [7, 11) is 0. The Labute approximate surface area is 77.9 Å². The number of anilines is 1. The molecule has 1 aromatic heterocycles. The van der Waals surface area contributed by atoms with E-state index in [4.69, 9.17) is 5.73 Å². The van der Waals surface area contributed by atoms with Crippen LogP contribution in [0.3, 0.4) is 0 Å². The van der Waals surface area contributed by atoms with E-state index >= 15 is 0 Å². The molecule has 1 aromatic rings. The van der Waals surface area contributed by atoms with Crippen LogP contribution in [0.15, 0.2) is 18.6 Å². The topological polar surface area (TPSA) is 51.8 Å². The predicted molar refractivity (Wildman–Crippen MR) is 32.2 cm³/mol. The van der Waals surface area contributed by atoms with Gasteiger partial charge in [-0.2, -0.15) is 0 Å². The molecule has 0 amide bonds. The van der Waals surface area contributed by atoms with Gasteiger partial charge in [0.15, 0.2) is 0 Å². The average Bonchev–Trinajstić information content (AvgIpc) is 1.69. The van der Waals surface area contributed by atoms with E-state index in [1.807, 2.05) is 0 Å². The maximum Gasteiger partial charge on any atom is 1.00 e. The second-order valence-electron chi connectivity index (χ2n) is 1.13. The molecule has 0 spiro atoms. The minimum atomic E-state index is 0. The average molecular weight is 129 g/mol. The number of aromatic nitrogens is 2. The summed E-state index contributed by atoms with van der Waals surface area (Å²) in [6, 6.07) is 1.64. The van der Waals surface area contributed by atoms with Gasteiger partial charge in [0, 0.05) is 6.20 Å². The van der Waals surface area contributed by atoms with Crippen molar-refractivity contribution in [2.45, 2.75) is 0 Å². The second-order valence-corrected chi connectivity index (χ2v) is 1.13. The monoisotopic (exact) mass is 129 g/mol. The van der Waals surface area contributed by atoms with Crippen LogP contribution in [0, 0.1) is 0 Å². The molecule has 2 N–H and O–H groups in total. The Morgan fingerprint density at radius 3 is 2.33 bits per heavy atom. The number of nitrogen functional groups attached to an aromatic ring is 1. The van der Waals surface area contributed by atoms with Gasteiger partial charge in [0.2, 0.25) is 0 Å². The number of hydrogen-bond donors (Lipinski definition) is 1. The molecule has 0 saturated heterocycles. The van der Waals surface area contributed by atoms with E-state index in [1.165, 1.54) is 6.33 Å². The van der Waals surface area contributed by atoms with Crippen molar-refractivity contribution in [2.24, 2.45) is 0 Å². The molecule has 0 aliphatic heterocycles. The van der Waals surface area contributed by atoms with E-state index < -0.39 is 0 Å². The molecular formula is C4H5BN3Na. The van der Waals surface area contributed by atoms with Gasteiger partial charge in [0.25, 0.3) is 0 Å². The Bertz CT molecular complexity index is 146. The zero-order valence-electron chi connectivity index (χ0n) is 5.28. The summed E-state index contributed by atoms with van der Waals surface area (Å²) in [4.78, 5) is 7.30. The van der Waals surface area contributed by atoms with Crippen LogP contribution >= 0.6 is 0 Å². The Morgan fingerprint density at radius 1 is 1.44 bits per heavy atom. The first kappa shape index (κ1) is 11.7. The summed E-state index contributed by atoms with van der Waals surface area (Å²) < 4.78 is 0. The summed E-state index contributed by atoms with van der Waals surface area (Å²) in [6.45, 7) is 0. The van der Waals surface area contributed by atoms with Crippen LogP contribution in [-0.4, -0.2) is 18.4 Å². The number of rotatable bonds is 0. The Morgan fingerprint density at radius 2 is 2.11 bits per heavy atom. The molecule has 4 radical (unpaired) electrons. The first-order chi connectivity index (χ1) is 3.39. The number of nitrogens with two attached hydrogens (primary N) is 1. The fourth-order valence-corrected chi connectivity index (χ4v) is 0.301. The van der Waals surface area contributed by atoms with E-state index in [0.29, 0.717) is 5.82 Å². The van der Waals surface area contributed by atoms with Crippen LogP contribution in [0.5, 0.6) is 0 Å². The van der Waals surface area contributed by atoms with Crippen LogP contribution in [0.1, 0.15) is 0 Å². The van der Waals surface area contributed by atoms with Crippen molar-refractivity contribution in [2.75, 3.05) is 5.73 Å². The van der Waals surface area contributed by atoms with Crippen LogP contribution in [0.2, 0.25) is 0 Å². The Hall–Kier alpha value is -0.0551. The maximum absolute atomic E-state index is 5.21. The van der Waals surface area contributed by atoms with Crippen molar-refractivity contribution in [1.82, 2.24) is 9.97 Å². The van der Waals surface area contributed by atoms with E-state index in [0.717, 1.165) is 0 Å². The number of hydrogen-bond acceptors (Lipinski definition) is 3. The SMILES string of the molecule is Nc1ccncn1.[B-].[Na+]. The van der Waals surface area contributed by atoms with Gasteiger partial charge in [-0.3, -0.25) is 0 Å². The van der Waals surface area contributed by atoms with Crippen LogP contribution in [0.25, 0.3) is 0 Å². The van der Waals surface area contributed by atoms with Crippen molar-refractivity contribution < 1.29 is 29.6 Å². The molecule has 0 bridgehead atoms. The van der Waals surface area contributed by atoms with Crippen LogP contribution in [-0.2, 0) is 0 Å². The van der Waals surface area contributed by atoms with Gasteiger partial charge in [0.1, 0.15) is 12.1 Å². The van der Waals surface area contributed by atoms with Crippen molar-refractivity contribution in [3.05, 3.63) is 18.6 Å². The third kappa shape index (κ3) is 4.45. The van der Waals surface area contributed by atoms with Gasteiger partial charge >= 0.3 is 29.6 Å². The Balaban J connectivity index is 0. The molecule has 1 rings (SSSR count). The van der Waals surface area contributed by atoms with Gasteiger partial charge in [-0.25, -0.2) is 9.97 Å². The Kier molecular flexibility index (Phi) is 7.90. The molecule has 0 saturated carbocycles. The quantitative estimate of drug-likeness (QED) is 0.373. The minimum absolute atomic E-state index is 0. The molecule has 3 nitrogen and oxygen atoms in total. The molecule has 9 heavy (non-hydrogen) atoms. The van der Waals surface area contributed by atoms with E-state index in [2.05, 4.69) is 9.97 Å². The van der Waals surface area contributed by atoms with Crippen molar-refractivity contribution in [3.63, 3.8) is 0 Å². The summed E-state index contributed by atoms with van der Waals surface area (Å²) in [5, 5.41) is 0. The molecule has 0 fully saturated rings. The molecule has 5 heteroatoms. The second kappa shape index (κ2) is 6.07. The van der Waals surface area contributed by atoms with Crippen molar-refractivity contribution in [1.29, 1.82) is 0 Å². The van der Waals surface area contributed by atoms with Gasteiger partial charge < -0.3 is 14.1 Å². The fourth-order valence-electron chi connectivity index (χ4n) is 0.301. The van der Waals surface area contributed by atoms with E-state index in [-0.39, 0.29) is 38.0 Å². The molecule has 0 aliphatic rings. The van der Waals surface area contributed by atoms with Gasteiger partial charge in [-0.15, -0.1) is 0 Å². The summed E-state index contributed by atoms with van der Waals surface area (Å²) in [6.07, 6.45) is 3.01. The molecular weight excluding hydrogens is 124 g/mol. The predicted octanol–water partition coefficient (Wildman–Crippen LogP) is -3.32. The third-order valence-corrected chi connectivity index (χ3v) is 0.605. The molecule has 0 unspecified atom stereocenters. The van der Waals surface area contributed by atoms with Gasteiger partial charge in [0.05, 0.1) is 0 Å². The zero-order chi connectivity index (χ0) is 5.11. The van der Waals surface area contributed by atoms with Crippen LogP contribution in [0.4, 0.5) is 5.82 Å². The first-order valence-electron chi connectivity index (χ1n) is 1.91. The van der Waals surface area contributed by atoms with E-state index in [1.54, 1.807) is 12.3 Å². The van der Waals surface area contributed by atoms with E-state index in [9.17, 15) is 0 Å². The van der Waals surface area contributed by atoms with Gasteiger partial charge in [-0.1, -0.05) is 0 Å². The van der Waals surface area contributed by atoms with Gasteiger partial charge in [-0.05, 0) is 6.07 Å². The minimum Gasteiger partial charge on any atom is -1.00 e. The number of nitrogens with zero attached hydrogens (tertiary/aromatic N) is 2. The summed E-state index contributed by atoms with van der Waals surface area (Å²) in [5.74, 6) is 0.509. The van der Waals surface area contributed by atoms with Crippen LogP contribution < -0.4 is 35.3 Å². The zero-order valence-corrected chi connectivity index (χ0v) is 7.28. The normalized spacial score (nSPS) is 6.67. The van der Waals surface area contributed by atoms with Crippen molar-refractivity contribution >= 4 is 14.2 Å². The smallest absolute Gasteiger partial charge is 1.00 e. The molecule has 0 aromatic carbocycles. The molecule has 1 heterocycles. The fraction of sp³-hybridized carbons (Fsp3) is 0. The summed E-state index contributed by atoms with van der Waals surface area (Å²) in [5.41, 5.74) is 5.21. The standard InChI is InChI=1S/C4H5N3.B.Na/c5-4-1-2-6-3-7-4;;/h1-3H,(H2,5,6,7);;/q;-1;+1. The maximum atomic E-state index is 5.21. The first-order valence-corrected chi connectivity index (χ1v) is 1.91. The largest absolute Gasteiger partial charge is 1.00 e. The van der Waals surface area contributed by atoms with Crippen molar-refractivity contribution in [3.8, 4) is 0 Å². The molecule has 0 atom stereocenters. The molecule has 0 aliphatic carbocycles. The third-order valence-electron chi connectivity index (χ3n) is 0.605. The molecule has 40 valence electrons. The summed E-state index contributed by atoms with van der Waals surface area (Å²) >= 11 is 0.